The molecule has 0 fully saturated rings. The zero-order valence-electron chi connectivity index (χ0n) is 14.3. The summed E-state index contributed by atoms with van der Waals surface area (Å²) in [4.78, 5) is 15.6. The number of pyridine rings is 1. The van der Waals surface area contributed by atoms with Gasteiger partial charge in [-0.25, -0.2) is 0 Å². The molecular weight excluding hydrogens is 310 g/mol. The average molecular weight is 329 g/mol. The third-order valence-electron chi connectivity index (χ3n) is 4.86. The van der Waals surface area contributed by atoms with Crippen molar-refractivity contribution in [3.63, 3.8) is 0 Å². The molecule has 2 N–H and O–H groups in total. The topological polar surface area (TPSA) is 53.1 Å². The number of aromatic amines is 1. The number of H-pyrrole nitrogens is 1. The van der Waals surface area contributed by atoms with E-state index in [0.29, 0.717) is 17.5 Å². The van der Waals surface area contributed by atoms with Crippen LogP contribution in [0.25, 0.3) is 21.7 Å². The number of phenols is 1. The summed E-state index contributed by atoms with van der Waals surface area (Å²) in [5, 5.41) is 13.4. The number of rotatable bonds is 2. The van der Waals surface area contributed by atoms with Gasteiger partial charge in [0.05, 0.1) is 5.52 Å². The minimum Gasteiger partial charge on any atom is -0.507 e. The van der Waals surface area contributed by atoms with Crippen LogP contribution in [0.2, 0.25) is 0 Å². The molecule has 4 rings (SSSR count). The molecule has 1 heterocycles. The van der Waals surface area contributed by atoms with Gasteiger partial charge in [0.15, 0.2) is 0 Å². The van der Waals surface area contributed by atoms with Crippen LogP contribution in [-0.2, 0) is 6.42 Å². The number of aryl methyl sites for hydroxylation is 2. The fraction of sp³-hybridized carbons (Fsp3) is 0.136. The second-order valence-corrected chi connectivity index (χ2v) is 6.58. The first-order valence-electron chi connectivity index (χ1n) is 8.36. The van der Waals surface area contributed by atoms with Crippen molar-refractivity contribution in [3.8, 4) is 5.75 Å². The minimum atomic E-state index is -0.0945. The Morgan fingerprint density at radius 2 is 1.76 bits per heavy atom. The van der Waals surface area contributed by atoms with E-state index in [2.05, 4.69) is 29.2 Å². The van der Waals surface area contributed by atoms with Crippen LogP contribution < -0.4 is 5.56 Å². The van der Waals surface area contributed by atoms with Crippen LogP contribution in [0, 0.1) is 13.8 Å². The summed E-state index contributed by atoms with van der Waals surface area (Å²) < 4.78 is 0. The third kappa shape index (κ3) is 2.58. The molecule has 0 saturated heterocycles. The summed E-state index contributed by atoms with van der Waals surface area (Å²) >= 11 is 0. The average Bonchev–Trinajstić information content (AvgIpc) is 2.57. The van der Waals surface area contributed by atoms with Crippen LogP contribution in [0.4, 0.5) is 0 Å². The maximum atomic E-state index is 12.7. The summed E-state index contributed by atoms with van der Waals surface area (Å²) in [5.41, 5.74) is 4.15. The maximum Gasteiger partial charge on any atom is 0.252 e. The van der Waals surface area contributed by atoms with Crippen molar-refractivity contribution in [2.75, 3.05) is 0 Å². The van der Waals surface area contributed by atoms with E-state index >= 15 is 0 Å². The van der Waals surface area contributed by atoms with Gasteiger partial charge < -0.3 is 10.1 Å². The molecule has 4 aromatic rings. The minimum absolute atomic E-state index is 0.0945. The van der Waals surface area contributed by atoms with Crippen LogP contribution >= 0.6 is 0 Å². The molecule has 0 unspecified atom stereocenters. The lowest BCUT2D eigenvalue weighted by atomic mass is 9.94. The number of benzene rings is 3. The van der Waals surface area contributed by atoms with Gasteiger partial charge in [-0.15, -0.1) is 0 Å². The normalized spacial score (nSPS) is 11.3. The molecule has 0 aliphatic rings. The van der Waals surface area contributed by atoms with E-state index in [-0.39, 0.29) is 11.3 Å². The highest BCUT2D eigenvalue weighted by molar-refractivity contribution is 5.90. The molecule has 0 aliphatic carbocycles. The van der Waals surface area contributed by atoms with E-state index in [1.807, 2.05) is 38.1 Å². The first-order valence-corrected chi connectivity index (χ1v) is 8.36. The first-order chi connectivity index (χ1) is 12.0. The van der Waals surface area contributed by atoms with E-state index in [1.165, 1.54) is 0 Å². The largest absolute Gasteiger partial charge is 0.507 e. The molecule has 0 saturated carbocycles. The van der Waals surface area contributed by atoms with Gasteiger partial charge in [0.1, 0.15) is 5.75 Å². The van der Waals surface area contributed by atoms with Crippen LogP contribution in [-0.4, -0.2) is 10.1 Å². The molecule has 3 heteroatoms. The van der Waals surface area contributed by atoms with E-state index in [4.69, 9.17) is 0 Å². The van der Waals surface area contributed by atoms with Gasteiger partial charge in [0, 0.05) is 17.4 Å². The quantitative estimate of drug-likeness (QED) is 0.565. The third-order valence-corrected chi connectivity index (χ3v) is 4.86. The summed E-state index contributed by atoms with van der Waals surface area (Å²) in [6, 6.07) is 18.0. The van der Waals surface area contributed by atoms with Crippen molar-refractivity contribution in [2.45, 2.75) is 20.3 Å². The first kappa shape index (κ1) is 15.5. The lowest BCUT2D eigenvalue weighted by molar-refractivity contribution is 0.481. The highest BCUT2D eigenvalue weighted by atomic mass is 16.3. The van der Waals surface area contributed by atoms with Crippen LogP contribution in [0.3, 0.4) is 0 Å². The Labute approximate surface area is 145 Å². The standard InChI is InChI=1S/C22H19NO2/c1-13-10-19-21(20(24)11-13)14(2)18(22(25)23-19)12-16-8-5-7-15-6-3-4-9-17(15)16/h3-11,24H,12H2,1-2H3,(H,23,25). The molecule has 0 atom stereocenters. The predicted molar refractivity (Wildman–Crippen MR) is 102 cm³/mol. The van der Waals surface area contributed by atoms with E-state index in [9.17, 15) is 9.90 Å². The number of hydrogen-bond acceptors (Lipinski definition) is 2. The van der Waals surface area contributed by atoms with Gasteiger partial charge in [0.2, 0.25) is 0 Å². The Hall–Kier alpha value is -3.07. The van der Waals surface area contributed by atoms with Crippen molar-refractivity contribution in [1.82, 2.24) is 4.98 Å². The van der Waals surface area contributed by atoms with Gasteiger partial charge in [-0.3, -0.25) is 4.79 Å². The van der Waals surface area contributed by atoms with Crippen molar-refractivity contribution in [1.29, 1.82) is 0 Å². The van der Waals surface area contributed by atoms with Crippen molar-refractivity contribution in [3.05, 3.63) is 87.2 Å². The number of aromatic hydroxyl groups is 1. The Morgan fingerprint density at radius 1 is 1.00 bits per heavy atom. The van der Waals surface area contributed by atoms with Crippen LogP contribution in [0.5, 0.6) is 5.75 Å². The molecule has 124 valence electrons. The summed E-state index contributed by atoms with van der Waals surface area (Å²) in [6.45, 7) is 3.81. The molecule has 25 heavy (non-hydrogen) atoms. The highest BCUT2D eigenvalue weighted by Crippen LogP contribution is 2.30. The second kappa shape index (κ2) is 5.78. The molecule has 0 radical (unpaired) electrons. The summed E-state index contributed by atoms with van der Waals surface area (Å²) in [6.07, 6.45) is 0.534. The molecule has 3 aromatic carbocycles. The monoisotopic (exact) mass is 329 g/mol. The van der Waals surface area contributed by atoms with Gasteiger partial charge >= 0.3 is 0 Å². The SMILES string of the molecule is Cc1cc(O)c2c(C)c(Cc3cccc4ccccc34)c(=O)[nH]c2c1. The van der Waals surface area contributed by atoms with Crippen LogP contribution in [0.15, 0.2) is 59.4 Å². The lowest BCUT2D eigenvalue weighted by Crippen LogP contribution is -2.15. The summed E-state index contributed by atoms with van der Waals surface area (Å²) in [5.74, 6) is 0.211. The van der Waals surface area contributed by atoms with Gasteiger partial charge in [-0.05, 0) is 53.4 Å². The van der Waals surface area contributed by atoms with Crippen molar-refractivity contribution < 1.29 is 5.11 Å². The fourth-order valence-corrected chi connectivity index (χ4v) is 3.63. The molecule has 3 nitrogen and oxygen atoms in total. The zero-order valence-corrected chi connectivity index (χ0v) is 14.3. The molecule has 0 spiro atoms. The van der Waals surface area contributed by atoms with Crippen molar-refractivity contribution >= 4 is 21.7 Å². The van der Waals surface area contributed by atoms with Gasteiger partial charge in [-0.1, -0.05) is 42.5 Å². The molecule has 0 amide bonds. The molecule has 0 aliphatic heterocycles. The molecule has 1 aromatic heterocycles. The number of nitrogens with one attached hydrogen (secondary N) is 1. The summed E-state index contributed by atoms with van der Waals surface area (Å²) in [7, 11) is 0. The van der Waals surface area contributed by atoms with Crippen LogP contribution in [0.1, 0.15) is 22.3 Å². The fourth-order valence-electron chi connectivity index (χ4n) is 3.63. The van der Waals surface area contributed by atoms with E-state index < -0.39 is 0 Å². The van der Waals surface area contributed by atoms with Gasteiger partial charge in [-0.2, -0.15) is 0 Å². The predicted octanol–water partition coefficient (Wildman–Crippen LogP) is 4.59. The number of aromatic nitrogens is 1. The molecule has 0 bridgehead atoms. The zero-order chi connectivity index (χ0) is 17.6. The maximum absolute atomic E-state index is 12.7. The number of fused-ring (bicyclic) bond motifs is 2. The number of hydrogen-bond donors (Lipinski definition) is 2. The Bertz CT molecular complexity index is 1170. The second-order valence-electron chi connectivity index (χ2n) is 6.58. The Morgan fingerprint density at radius 3 is 2.60 bits per heavy atom. The van der Waals surface area contributed by atoms with Gasteiger partial charge in [0.25, 0.3) is 5.56 Å². The Kier molecular flexibility index (Phi) is 3.57. The van der Waals surface area contributed by atoms with Crippen molar-refractivity contribution in [2.24, 2.45) is 0 Å². The lowest BCUT2D eigenvalue weighted by Gasteiger charge is -2.12. The highest BCUT2D eigenvalue weighted by Gasteiger charge is 2.14. The van der Waals surface area contributed by atoms with E-state index in [0.717, 1.165) is 32.8 Å². The number of phenolic OH excluding ortho intramolecular Hbond substituents is 1. The molecular formula is C22H19NO2. The Balaban J connectivity index is 1.94. The van der Waals surface area contributed by atoms with E-state index in [1.54, 1.807) is 6.07 Å². The smallest absolute Gasteiger partial charge is 0.252 e.